The number of rotatable bonds is 1. The Hall–Kier alpha value is -2.01. The molecule has 0 unspecified atom stereocenters. The van der Waals surface area contributed by atoms with Gasteiger partial charge < -0.3 is 14.3 Å². The quantitative estimate of drug-likeness (QED) is 0.731. The van der Waals surface area contributed by atoms with E-state index in [2.05, 4.69) is 33.0 Å². The van der Waals surface area contributed by atoms with Gasteiger partial charge in [-0.1, -0.05) is 24.3 Å². The van der Waals surface area contributed by atoms with Crippen LogP contribution in [0.15, 0.2) is 45.5 Å². The van der Waals surface area contributed by atoms with E-state index in [1.54, 1.807) is 6.07 Å². The molecular formula is C16H13BrN2O2. The molecule has 2 aromatic heterocycles. The van der Waals surface area contributed by atoms with Gasteiger partial charge in [0.25, 0.3) is 5.91 Å². The molecule has 1 N–H and O–H groups in total. The van der Waals surface area contributed by atoms with E-state index in [4.69, 9.17) is 4.42 Å². The van der Waals surface area contributed by atoms with Crippen LogP contribution in [-0.2, 0) is 13.0 Å². The molecule has 0 saturated heterocycles. The Morgan fingerprint density at radius 2 is 2.05 bits per heavy atom. The Bertz CT molecular complexity index is 802. The Kier molecular flexibility index (Phi) is 2.89. The van der Waals surface area contributed by atoms with Crippen LogP contribution in [0, 0.1) is 0 Å². The average Bonchev–Trinajstić information content (AvgIpc) is 3.03. The molecule has 0 saturated carbocycles. The number of amides is 1. The van der Waals surface area contributed by atoms with E-state index in [1.807, 2.05) is 23.1 Å². The van der Waals surface area contributed by atoms with Crippen molar-refractivity contribution in [3.63, 3.8) is 0 Å². The highest BCUT2D eigenvalue weighted by Crippen LogP contribution is 2.25. The number of hydrogen-bond acceptors (Lipinski definition) is 2. The summed E-state index contributed by atoms with van der Waals surface area (Å²) in [4.78, 5) is 17.6. The summed E-state index contributed by atoms with van der Waals surface area (Å²) in [6, 6.07) is 11.9. The zero-order valence-corrected chi connectivity index (χ0v) is 12.8. The highest BCUT2D eigenvalue weighted by atomic mass is 79.9. The number of carbonyl (C=O) groups is 1. The summed E-state index contributed by atoms with van der Waals surface area (Å²) >= 11 is 3.28. The van der Waals surface area contributed by atoms with Crippen LogP contribution in [0.5, 0.6) is 0 Å². The van der Waals surface area contributed by atoms with Crippen LogP contribution >= 0.6 is 15.9 Å². The van der Waals surface area contributed by atoms with Gasteiger partial charge in [-0.05, 0) is 33.5 Å². The molecule has 0 bridgehead atoms. The maximum atomic E-state index is 12.6. The molecule has 3 heterocycles. The van der Waals surface area contributed by atoms with Gasteiger partial charge >= 0.3 is 0 Å². The van der Waals surface area contributed by atoms with Gasteiger partial charge in [0.1, 0.15) is 5.69 Å². The molecule has 1 aliphatic rings. The highest BCUT2D eigenvalue weighted by molar-refractivity contribution is 9.10. The topological polar surface area (TPSA) is 49.2 Å². The number of aromatic nitrogens is 1. The van der Waals surface area contributed by atoms with Crippen LogP contribution in [0.1, 0.15) is 21.6 Å². The Balaban J connectivity index is 1.61. The van der Waals surface area contributed by atoms with Crippen molar-refractivity contribution in [2.45, 2.75) is 13.0 Å². The van der Waals surface area contributed by atoms with Crippen molar-refractivity contribution >= 4 is 32.9 Å². The van der Waals surface area contributed by atoms with Crippen molar-refractivity contribution in [2.24, 2.45) is 0 Å². The van der Waals surface area contributed by atoms with Crippen LogP contribution in [0.3, 0.4) is 0 Å². The highest BCUT2D eigenvalue weighted by Gasteiger charge is 2.23. The summed E-state index contributed by atoms with van der Waals surface area (Å²) in [5, 5.41) is 0. The van der Waals surface area contributed by atoms with Gasteiger partial charge in [0, 0.05) is 25.2 Å². The number of carbonyl (C=O) groups excluding carboxylic acids is 1. The van der Waals surface area contributed by atoms with Gasteiger partial charge in [0.15, 0.2) is 10.3 Å². The molecule has 4 rings (SSSR count). The zero-order chi connectivity index (χ0) is 14.4. The first-order chi connectivity index (χ1) is 10.2. The predicted octanol–water partition coefficient (Wildman–Crippen LogP) is 3.72. The van der Waals surface area contributed by atoms with Gasteiger partial charge in [-0.2, -0.15) is 0 Å². The van der Waals surface area contributed by atoms with Crippen molar-refractivity contribution in [1.29, 1.82) is 0 Å². The molecule has 0 spiro atoms. The molecule has 5 heteroatoms. The van der Waals surface area contributed by atoms with Gasteiger partial charge in [-0.25, -0.2) is 0 Å². The van der Waals surface area contributed by atoms with E-state index in [-0.39, 0.29) is 5.91 Å². The second-order valence-electron chi connectivity index (χ2n) is 5.26. The third-order valence-corrected chi connectivity index (χ3v) is 4.31. The molecule has 4 nitrogen and oxygen atoms in total. The first kappa shape index (κ1) is 12.7. The summed E-state index contributed by atoms with van der Waals surface area (Å²) in [5.74, 6) is 0.0204. The molecule has 0 aliphatic carbocycles. The second kappa shape index (κ2) is 4.77. The molecule has 0 fully saturated rings. The number of halogens is 1. The minimum atomic E-state index is 0.0204. The zero-order valence-electron chi connectivity index (χ0n) is 11.2. The van der Waals surface area contributed by atoms with Gasteiger partial charge in [0.05, 0.1) is 5.52 Å². The third kappa shape index (κ3) is 2.17. The van der Waals surface area contributed by atoms with Crippen molar-refractivity contribution < 1.29 is 9.21 Å². The minimum Gasteiger partial charge on any atom is -0.448 e. The molecule has 0 radical (unpaired) electrons. The minimum absolute atomic E-state index is 0.0204. The van der Waals surface area contributed by atoms with E-state index in [1.165, 1.54) is 11.1 Å². The van der Waals surface area contributed by atoms with E-state index in [0.29, 0.717) is 22.5 Å². The first-order valence-corrected chi connectivity index (χ1v) is 7.64. The number of furan rings is 1. The van der Waals surface area contributed by atoms with Crippen molar-refractivity contribution in [1.82, 2.24) is 9.88 Å². The Morgan fingerprint density at radius 3 is 2.86 bits per heavy atom. The largest absolute Gasteiger partial charge is 0.448 e. The van der Waals surface area contributed by atoms with Crippen LogP contribution in [-0.4, -0.2) is 22.3 Å². The Labute approximate surface area is 129 Å². The summed E-state index contributed by atoms with van der Waals surface area (Å²) in [6.07, 6.45) is 0.907. The van der Waals surface area contributed by atoms with Crippen LogP contribution in [0.4, 0.5) is 0 Å². The number of nitrogens with one attached hydrogen (secondary N) is 1. The first-order valence-electron chi connectivity index (χ1n) is 6.85. The number of aromatic amines is 1. The standard InChI is InChI=1S/C16H13BrN2O2/c17-15-8-12-14(21-15)7-13(18-12)16(20)19-6-5-10-3-1-2-4-11(10)9-19/h1-4,7-8,18H,5-6,9H2. The SMILES string of the molecule is O=C(c1cc2oc(Br)cc2[nH]1)N1CCc2ccccc2C1. The van der Waals surface area contributed by atoms with E-state index >= 15 is 0 Å². The predicted molar refractivity (Wildman–Crippen MR) is 83.2 cm³/mol. The number of hydrogen-bond donors (Lipinski definition) is 1. The normalized spacial score (nSPS) is 14.4. The molecular weight excluding hydrogens is 332 g/mol. The Morgan fingerprint density at radius 1 is 1.24 bits per heavy atom. The number of benzene rings is 1. The molecule has 0 atom stereocenters. The lowest BCUT2D eigenvalue weighted by atomic mass is 10.00. The summed E-state index contributed by atoms with van der Waals surface area (Å²) in [7, 11) is 0. The lowest BCUT2D eigenvalue weighted by molar-refractivity contribution is 0.0729. The van der Waals surface area contributed by atoms with E-state index < -0.39 is 0 Å². The fourth-order valence-electron chi connectivity index (χ4n) is 2.85. The summed E-state index contributed by atoms with van der Waals surface area (Å²) < 4.78 is 6.12. The molecule has 106 valence electrons. The summed E-state index contributed by atoms with van der Waals surface area (Å²) in [5.41, 5.74) is 4.68. The lowest BCUT2D eigenvalue weighted by Gasteiger charge is -2.28. The fraction of sp³-hybridized carbons (Fsp3) is 0.188. The number of fused-ring (bicyclic) bond motifs is 2. The third-order valence-electron chi connectivity index (χ3n) is 3.92. The number of nitrogens with zero attached hydrogens (tertiary/aromatic N) is 1. The smallest absolute Gasteiger partial charge is 0.270 e. The average molecular weight is 345 g/mol. The van der Waals surface area contributed by atoms with Crippen LogP contribution < -0.4 is 0 Å². The van der Waals surface area contributed by atoms with Crippen molar-refractivity contribution in [3.05, 3.63) is 57.9 Å². The molecule has 1 amide bonds. The maximum absolute atomic E-state index is 12.6. The van der Waals surface area contributed by atoms with Gasteiger partial charge in [-0.15, -0.1) is 0 Å². The van der Waals surface area contributed by atoms with E-state index in [0.717, 1.165) is 18.5 Å². The van der Waals surface area contributed by atoms with Crippen molar-refractivity contribution in [3.8, 4) is 0 Å². The molecule has 3 aromatic rings. The number of H-pyrrole nitrogens is 1. The molecule has 1 aromatic carbocycles. The fourth-order valence-corrected chi connectivity index (χ4v) is 3.25. The van der Waals surface area contributed by atoms with Crippen molar-refractivity contribution in [2.75, 3.05) is 6.54 Å². The molecule has 1 aliphatic heterocycles. The lowest BCUT2D eigenvalue weighted by Crippen LogP contribution is -2.36. The molecule has 21 heavy (non-hydrogen) atoms. The monoisotopic (exact) mass is 344 g/mol. The maximum Gasteiger partial charge on any atom is 0.270 e. The second-order valence-corrected chi connectivity index (χ2v) is 6.04. The van der Waals surface area contributed by atoms with Crippen LogP contribution in [0.25, 0.3) is 11.1 Å². The van der Waals surface area contributed by atoms with Gasteiger partial charge in [0.2, 0.25) is 0 Å². The van der Waals surface area contributed by atoms with Crippen LogP contribution in [0.2, 0.25) is 0 Å². The van der Waals surface area contributed by atoms with E-state index in [9.17, 15) is 4.79 Å². The van der Waals surface area contributed by atoms with Gasteiger partial charge in [-0.3, -0.25) is 4.79 Å². The summed E-state index contributed by atoms with van der Waals surface area (Å²) in [6.45, 7) is 1.42.